The highest BCUT2D eigenvalue weighted by atomic mass is 16.6. The van der Waals surface area contributed by atoms with Crippen molar-refractivity contribution in [2.75, 3.05) is 19.6 Å². The maximum Gasteiger partial charge on any atom is 0.270 e. The van der Waals surface area contributed by atoms with E-state index < -0.39 is 34.8 Å². The number of Topliss-reactive ketones (excluding diaryl/α,β-unsaturated/α-hetero) is 1. The summed E-state index contributed by atoms with van der Waals surface area (Å²) >= 11 is 0. The minimum absolute atomic E-state index is 0.0224. The first-order valence-electron chi connectivity index (χ1n) is 11.3. The monoisotopic (exact) mass is 477 g/mol. The third kappa shape index (κ3) is 3.65. The Morgan fingerprint density at radius 2 is 1.69 bits per heavy atom. The molecule has 1 saturated heterocycles. The van der Waals surface area contributed by atoms with Crippen LogP contribution in [0.5, 0.6) is 5.75 Å². The summed E-state index contributed by atoms with van der Waals surface area (Å²) in [5.74, 6) is -1.14. The number of amides is 3. The van der Waals surface area contributed by atoms with Gasteiger partial charge in [0.1, 0.15) is 17.9 Å². The lowest BCUT2D eigenvalue weighted by Crippen LogP contribution is -2.54. The average molecular weight is 477 g/mol. The Morgan fingerprint density at radius 1 is 1.03 bits per heavy atom. The van der Waals surface area contributed by atoms with Crippen LogP contribution >= 0.6 is 0 Å². The van der Waals surface area contributed by atoms with Crippen molar-refractivity contribution >= 4 is 29.2 Å². The Labute approximate surface area is 200 Å². The van der Waals surface area contributed by atoms with Crippen LogP contribution in [0.25, 0.3) is 0 Å². The van der Waals surface area contributed by atoms with E-state index in [4.69, 9.17) is 4.74 Å². The summed E-state index contributed by atoms with van der Waals surface area (Å²) in [5, 5.41) is 11.0. The van der Waals surface area contributed by atoms with Crippen LogP contribution in [0, 0.1) is 24.0 Å². The highest BCUT2D eigenvalue weighted by Gasteiger charge is 2.45. The van der Waals surface area contributed by atoms with Crippen molar-refractivity contribution in [3.63, 3.8) is 0 Å². The molecule has 0 unspecified atom stereocenters. The molecule has 0 saturated carbocycles. The van der Waals surface area contributed by atoms with Crippen molar-refractivity contribution in [2.45, 2.75) is 38.7 Å². The van der Waals surface area contributed by atoms with Crippen molar-refractivity contribution in [2.24, 2.45) is 0 Å². The standard InChI is InChI=1S/C25H23N3O7/c1-14-3-5-18-20(29)12-25(35-22(18)15(14)2)7-9-26(10-8-25)21(30)13-27-23(31)17-6-4-16(28(33)34)11-19(17)24(27)32/h3-6,11H,7-10,12-13H2,1-2H3. The van der Waals surface area contributed by atoms with Gasteiger partial charge in [-0.05, 0) is 37.1 Å². The molecule has 180 valence electrons. The van der Waals surface area contributed by atoms with Gasteiger partial charge < -0.3 is 9.64 Å². The predicted molar refractivity (Wildman–Crippen MR) is 122 cm³/mol. The quantitative estimate of drug-likeness (QED) is 0.378. The molecule has 0 atom stereocenters. The molecule has 1 spiro atoms. The number of likely N-dealkylation sites (tertiary alicyclic amines) is 1. The molecule has 0 aromatic heterocycles. The molecule has 3 aliphatic heterocycles. The second-order valence-electron chi connectivity index (χ2n) is 9.33. The minimum atomic E-state index is -0.723. The number of aryl methyl sites for hydroxylation is 1. The zero-order valence-electron chi connectivity index (χ0n) is 19.3. The van der Waals surface area contributed by atoms with Crippen molar-refractivity contribution in [1.29, 1.82) is 0 Å². The molecule has 0 radical (unpaired) electrons. The van der Waals surface area contributed by atoms with Gasteiger partial charge in [0.05, 0.1) is 28.0 Å². The van der Waals surface area contributed by atoms with Gasteiger partial charge in [-0.2, -0.15) is 0 Å². The normalized spacial score (nSPS) is 18.4. The summed E-state index contributed by atoms with van der Waals surface area (Å²) in [7, 11) is 0. The molecule has 35 heavy (non-hydrogen) atoms. The van der Waals surface area contributed by atoms with E-state index in [-0.39, 0.29) is 29.0 Å². The summed E-state index contributed by atoms with van der Waals surface area (Å²) in [6, 6.07) is 7.16. The zero-order chi connectivity index (χ0) is 25.1. The number of nitrogens with zero attached hydrogens (tertiary/aromatic N) is 3. The molecule has 3 aliphatic rings. The minimum Gasteiger partial charge on any atom is -0.486 e. The van der Waals surface area contributed by atoms with Gasteiger partial charge >= 0.3 is 0 Å². The van der Waals surface area contributed by atoms with Gasteiger partial charge in [-0.3, -0.25) is 34.2 Å². The molecule has 10 heteroatoms. The number of benzene rings is 2. The fraction of sp³-hybridized carbons (Fsp3) is 0.360. The number of carbonyl (C=O) groups excluding carboxylic acids is 4. The average Bonchev–Trinajstić information content (AvgIpc) is 3.06. The second kappa shape index (κ2) is 8.00. The molecule has 2 aromatic carbocycles. The molecular formula is C25H23N3O7. The molecule has 5 rings (SSSR count). The van der Waals surface area contributed by atoms with Crippen molar-refractivity contribution in [3.05, 3.63) is 68.3 Å². The largest absolute Gasteiger partial charge is 0.486 e. The van der Waals surface area contributed by atoms with Crippen LogP contribution in [-0.4, -0.2) is 63.5 Å². The van der Waals surface area contributed by atoms with Gasteiger partial charge in [-0.25, -0.2) is 0 Å². The van der Waals surface area contributed by atoms with E-state index in [2.05, 4.69) is 0 Å². The number of imide groups is 1. The number of hydrogen-bond donors (Lipinski definition) is 0. The number of piperidine rings is 1. The van der Waals surface area contributed by atoms with Gasteiger partial charge in [-0.15, -0.1) is 0 Å². The number of rotatable bonds is 3. The molecule has 0 aliphatic carbocycles. The van der Waals surface area contributed by atoms with E-state index >= 15 is 0 Å². The van der Waals surface area contributed by atoms with Crippen LogP contribution in [0.1, 0.15) is 61.5 Å². The number of nitro groups is 1. The lowest BCUT2D eigenvalue weighted by molar-refractivity contribution is -0.384. The zero-order valence-corrected chi connectivity index (χ0v) is 19.3. The van der Waals surface area contributed by atoms with Crippen molar-refractivity contribution in [1.82, 2.24) is 9.80 Å². The third-order valence-electron chi connectivity index (χ3n) is 7.26. The number of ketones is 1. The highest BCUT2D eigenvalue weighted by Crippen LogP contribution is 2.41. The number of ether oxygens (including phenoxy) is 1. The number of hydrogen-bond acceptors (Lipinski definition) is 7. The fourth-order valence-electron chi connectivity index (χ4n) is 5.00. The smallest absolute Gasteiger partial charge is 0.270 e. The summed E-state index contributed by atoms with van der Waals surface area (Å²) in [6.07, 6.45) is 1.14. The van der Waals surface area contributed by atoms with E-state index in [1.807, 2.05) is 19.9 Å². The molecule has 3 heterocycles. The van der Waals surface area contributed by atoms with Gasteiger partial charge in [0, 0.05) is 38.1 Å². The molecular weight excluding hydrogens is 454 g/mol. The van der Waals surface area contributed by atoms with E-state index in [0.29, 0.717) is 37.2 Å². The van der Waals surface area contributed by atoms with Crippen molar-refractivity contribution < 1.29 is 28.8 Å². The summed E-state index contributed by atoms with van der Waals surface area (Å²) < 4.78 is 6.38. The molecule has 2 aromatic rings. The maximum absolute atomic E-state index is 13.0. The summed E-state index contributed by atoms with van der Waals surface area (Å²) in [4.78, 5) is 63.9. The maximum atomic E-state index is 13.0. The Kier molecular flexibility index (Phi) is 5.19. The van der Waals surface area contributed by atoms with E-state index in [0.717, 1.165) is 28.2 Å². The predicted octanol–water partition coefficient (Wildman–Crippen LogP) is 2.83. The lowest BCUT2D eigenvalue weighted by atomic mass is 9.81. The van der Waals surface area contributed by atoms with Crippen LogP contribution in [0.2, 0.25) is 0 Å². The van der Waals surface area contributed by atoms with Crippen LogP contribution in [0.3, 0.4) is 0 Å². The number of non-ortho nitro benzene ring substituents is 1. The highest BCUT2D eigenvalue weighted by molar-refractivity contribution is 6.22. The van der Waals surface area contributed by atoms with Gasteiger partial charge in [0.2, 0.25) is 5.91 Å². The number of nitro benzene ring substituents is 1. The summed E-state index contributed by atoms with van der Waals surface area (Å²) in [6.45, 7) is 4.08. The molecule has 10 nitrogen and oxygen atoms in total. The van der Waals surface area contributed by atoms with E-state index in [9.17, 15) is 29.3 Å². The Hall–Kier alpha value is -4.08. The van der Waals surface area contributed by atoms with Crippen molar-refractivity contribution in [3.8, 4) is 5.75 Å². The summed E-state index contributed by atoms with van der Waals surface area (Å²) in [5.41, 5.74) is 1.54. The van der Waals surface area contributed by atoms with Crippen LogP contribution in [0.15, 0.2) is 30.3 Å². The molecule has 0 N–H and O–H groups in total. The molecule has 1 fully saturated rings. The number of fused-ring (bicyclic) bond motifs is 2. The fourth-order valence-corrected chi connectivity index (χ4v) is 5.00. The Morgan fingerprint density at radius 3 is 2.37 bits per heavy atom. The van der Waals surface area contributed by atoms with Gasteiger partial charge in [-0.1, -0.05) is 6.07 Å². The SMILES string of the molecule is Cc1ccc2c(c1C)OC1(CCN(C(=O)CN3C(=O)c4ccc([N+](=O)[O-])cc4C3=O)CC1)CC2=O. The van der Waals surface area contributed by atoms with Gasteiger partial charge in [0.25, 0.3) is 17.5 Å². The van der Waals surface area contributed by atoms with E-state index in [1.165, 1.54) is 6.07 Å². The molecule has 0 bridgehead atoms. The van der Waals surface area contributed by atoms with Gasteiger partial charge in [0.15, 0.2) is 5.78 Å². The first-order chi connectivity index (χ1) is 16.6. The lowest BCUT2D eigenvalue weighted by Gasteiger charge is -2.44. The Bertz CT molecular complexity index is 1320. The first kappa shape index (κ1) is 22.7. The first-order valence-corrected chi connectivity index (χ1v) is 11.3. The third-order valence-corrected chi connectivity index (χ3v) is 7.26. The molecule has 3 amide bonds. The number of carbonyl (C=O) groups is 4. The van der Waals surface area contributed by atoms with Crippen LogP contribution in [0.4, 0.5) is 5.69 Å². The Balaban J connectivity index is 1.27. The van der Waals surface area contributed by atoms with E-state index in [1.54, 1.807) is 11.0 Å². The van der Waals surface area contributed by atoms with Crippen LogP contribution in [-0.2, 0) is 4.79 Å². The van der Waals surface area contributed by atoms with Crippen LogP contribution < -0.4 is 4.74 Å². The second-order valence-corrected chi connectivity index (χ2v) is 9.33. The topological polar surface area (TPSA) is 127 Å².